The molecule has 3 aliphatic heterocycles. The lowest BCUT2D eigenvalue weighted by Gasteiger charge is -2.49. The van der Waals surface area contributed by atoms with E-state index in [0.29, 0.717) is 38.0 Å². The van der Waals surface area contributed by atoms with Gasteiger partial charge in [-0.1, -0.05) is 63.0 Å². The van der Waals surface area contributed by atoms with E-state index >= 15 is 0 Å². The van der Waals surface area contributed by atoms with Crippen LogP contribution >= 0.6 is 0 Å². The van der Waals surface area contributed by atoms with Crippen LogP contribution in [0.15, 0.2) is 36.7 Å². The fourth-order valence-electron chi connectivity index (χ4n) is 11.7. The van der Waals surface area contributed by atoms with Crippen LogP contribution in [0.3, 0.4) is 0 Å². The maximum absolute atomic E-state index is 14.7. The third kappa shape index (κ3) is 14.8. The molecule has 0 unspecified atom stereocenters. The number of methoxy groups -OCH3 is 1. The maximum atomic E-state index is 14.7. The van der Waals surface area contributed by atoms with Gasteiger partial charge in [0.2, 0.25) is 0 Å². The number of esters is 1. The first kappa shape index (κ1) is 62.8. The first-order chi connectivity index (χ1) is 35.9. The number of hydrogen-bond acceptors (Lipinski definition) is 18. The lowest BCUT2D eigenvalue weighted by molar-refractivity contribution is -0.318. The van der Waals surface area contributed by atoms with Crippen LogP contribution < -0.4 is 5.32 Å². The van der Waals surface area contributed by atoms with E-state index in [1.807, 2.05) is 68.2 Å². The van der Waals surface area contributed by atoms with Gasteiger partial charge in [0.1, 0.15) is 44.8 Å². The average molecular weight is 1110 g/mol. The smallest absolute Gasteiger partial charge is 0.311 e. The number of rotatable bonds is 16. The lowest BCUT2D eigenvalue weighted by atomic mass is 9.77. The lowest BCUT2D eigenvalue weighted by Crippen LogP contribution is -2.61. The number of benzene rings is 1. The average Bonchev–Trinajstić information content (AvgIpc) is 4.08. The van der Waals surface area contributed by atoms with Crippen molar-refractivity contribution in [3.63, 3.8) is 0 Å². The van der Waals surface area contributed by atoms with Gasteiger partial charge in [0, 0.05) is 63.4 Å². The van der Waals surface area contributed by atoms with Crippen molar-refractivity contribution in [3.8, 4) is 5.69 Å². The number of hydrogen-bond donors (Lipinski definition) is 5. The number of likely N-dealkylation sites (N-methyl/N-ethyl adjacent to an activating group) is 2. The first-order valence-corrected chi connectivity index (χ1v) is 31.2. The van der Waals surface area contributed by atoms with E-state index in [0.717, 1.165) is 16.6 Å². The van der Waals surface area contributed by atoms with Crippen LogP contribution in [-0.2, 0) is 46.1 Å². The minimum Gasteiger partial charge on any atom is -0.459 e. The van der Waals surface area contributed by atoms with E-state index < -0.39 is 129 Å². The third-order valence-corrected chi connectivity index (χ3v) is 18.6. The fraction of sp³-hybridized carbons (Fsp3) is 0.800. The van der Waals surface area contributed by atoms with Gasteiger partial charge in [0.15, 0.2) is 12.6 Å². The number of aliphatic hydroxyl groups is 5. The van der Waals surface area contributed by atoms with Crippen molar-refractivity contribution in [2.75, 3.05) is 41.0 Å². The summed E-state index contributed by atoms with van der Waals surface area (Å²) in [5.74, 6) is -2.85. The number of carbonyl (C=O) groups is 1. The van der Waals surface area contributed by atoms with E-state index in [9.17, 15) is 34.7 Å². The Balaban J connectivity index is 1.22. The van der Waals surface area contributed by atoms with Crippen molar-refractivity contribution in [1.29, 1.82) is 0 Å². The van der Waals surface area contributed by atoms with Gasteiger partial charge in [-0.2, -0.15) is 0 Å². The molecule has 77 heavy (non-hydrogen) atoms. The SMILES string of the molecule is CC[C@H]1OC(=O)[C@H](C)[C@@H](O[C@H]2C[C@@](C)(OC)[C@@H](O)[C@H](C)O2)[C@H](C)[C@@H](O[C@@H]2O[C@H](C)C[C@H](N(C)CCc3cn([C@H](CF)Cc4ccc(-n5cc([Si](C)(C)C)nn5)cc4)nn3)[C@H]2O)[C@](C)(O)C[C@@H](C)CN(C)[C@H](C)[C@@H](O)[C@]1(C)O. The molecule has 0 radical (unpaired) electrons. The maximum Gasteiger partial charge on any atom is 0.311 e. The van der Waals surface area contributed by atoms with Gasteiger partial charge in [0.25, 0.3) is 0 Å². The molecule has 3 fully saturated rings. The van der Waals surface area contributed by atoms with Crippen LogP contribution in [0.1, 0.15) is 112 Å². The summed E-state index contributed by atoms with van der Waals surface area (Å²) in [6.07, 6.45) is -4.77. The van der Waals surface area contributed by atoms with Crippen LogP contribution in [0.2, 0.25) is 19.6 Å². The summed E-state index contributed by atoms with van der Waals surface area (Å²) in [4.78, 5) is 18.5. The minimum atomic E-state index is -1.85. The van der Waals surface area contributed by atoms with Gasteiger partial charge in [0.05, 0.1) is 64.3 Å². The zero-order valence-electron chi connectivity index (χ0n) is 48.6. The molecule has 3 aromatic rings. The number of ether oxygens (including phenoxy) is 6. The summed E-state index contributed by atoms with van der Waals surface area (Å²) >= 11 is 0. The highest BCUT2D eigenvalue weighted by Crippen LogP contribution is 2.40. The first-order valence-electron chi connectivity index (χ1n) is 27.7. The van der Waals surface area contributed by atoms with Crippen molar-refractivity contribution in [2.45, 2.75) is 224 Å². The highest BCUT2D eigenvalue weighted by molar-refractivity contribution is 6.88. The molecule has 0 spiro atoms. The summed E-state index contributed by atoms with van der Waals surface area (Å²) < 4.78 is 56.4. The molecule has 1 aromatic carbocycles. The molecule has 3 aliphatic rings. The molecule has 0 amide bonds. The molecule has 0 saturated carbocycles. The number of carbonyl (C=O) groups excluding carboxylic acids is 1. The van der Waals surface area contributed by atoms with E-state index in [4.69, 9.17) is 28.4 Å². The second-order valence-electron chi connectivity index (χ2n) is 24.6. The van der Waals surface area contributed by atoms with Crippen LogP contribution in [0, 0.1) is 17.8 Å². The molecular weight excluding hydrogens is 1010 g/mol. The van der Waals surface area contributed by atoms with Gasteiger partial charge in [-0.15, -0.1) is 10.2 Å². The topological polar surface area (TPSA) is 242 Å². The molecule has 19 atom stereocenters. The Morgan fingerprint density at radius 2 is 1.61 bits per heavy atom. The van der Waals surface area contributed by atoms with Crippen LogP contribution in [-0.4, -0.2) is 211 Å². The fourth-order valence-corrected chi connectivity index (χ4v) is 12.6. The second kappa shape index (κ2) is 25.6. The number of alkyl halides is 1. The largest absolute Gasteiger partial charge is 0.459 e. The summed E-state index contributed by atoms with van der Waals surface area (Å²) in [5, 5.41) is 78.3. The van der Waals surface area contributed by atoms with Crippen LogP contribution in [0.5, 0.6) is 0 Å². The van der Waals surface area contributed by atoms with Crippen molar-refractivity contribution in [1.82, 2.24) is 39.8 Å². The van der Waals surface area contributed by atoms with Gasteiger partial charge in [-0.05, 0) is 112 Å². The molecule has 5 heterocycles. The predicted octanol–water partition coefficient (Wildman–Crippen LogP) is 3.98. The second-order valence-corrected chi connectivity index (χ2v) is 29.6. The van der Waals surface area contributed by atoms with E-state index in [2.05, 4.69) is 40.3 Å². The molecule has 0 aliphatic carbocycles. The third-order valence-electron chi connectivity index (χ3n) is 16.9. The highest BCUT2D eigenvalue weighted by Gasteiger charge is 2.53. The van der Waals surface area contributed by atoms with Crippen molar-refractivity contribution in [3.05, 3.63) is 47.9 Å². The number of halogens is 1. The van der Waals surface area contributed by atoms with E-state index in [-0.39, 0.29) is 25.2 Å². The Morgan fingerprint density at radius 1 is 0.935 bits per heavy atom. The monoisotopic (exact) mass is 1100 g/mol. The van der Waals surface area contributed by atoms with E-state index in [1.165, 1.54) is 14.0 Å². The van der Waals surface area contributed by atoms with Crippen molar-refractivity contribution >= 4 is 19.4 Å². The number of nitrogens with zero attached hydrogens (tertiary/aromatic N) is 8. The zero-order chi connectivity index (χ0) is 57.1. The Kier molecular flexibility index (Phi) is 20.9. The van der Waals surface area contributed by atoms with Gasteiger partial charge in [-0.25, -0.2) is 13.8 Å². The Bertz CT molecular complexity index is 2340. The summed E-state index contributed by atoms with van der Waals surface area (Å²) in [6, 6.07) is 6.20. The number of cyclic esters (lactones) is 1. The molecule has 6 rings (SSSR count). The summed E-state index contributed by atoms with van der Waals surface area (Å²) in [7, 11) is 3.61. The molecule has 3 saturated heterocycles. The molecule has 5 N–H and O–H groups in total. The molecule has 20 nitrogen and oxygen atoms in total. The number of aliphatic hydroxyl groups excluding tert-OH is 3. The van der Waals surface area contributed by atoms with Crippen molar-refractivity contribution in [2.24, 2.45) is 17.8 Å². The quantitative estimate of drug-likeness (QED) is 0.101. The van der Waals surface area contributed by atoms with Crippen molar-refractivity contribution < 1.29 is 63.1 Å². The highest BCUT2D eigenvalue weighted by atomic mass is 28.3. The normalized spacial score (nSPS) is 38.0. The van der Waals surface area contributed by atoms with Gasteiger partial charge in [-0.3, -0.25) is 4.79 Å². The predicted molar refractivity (Wildman–Crippen MR) is 290 cm³/mol. The molecule has 2 aromatic heterocycles. The molecule has 22 heteroatoms. The molecular formula is C55H93FN8O12Si. The molecule has 436 valence electrons. The van der Waals surface area contributed by atoms with Gasteiger partial charge < -0.3 is 63.8 Å². The van der Waals surface area contributed by atoms with Crippen LogP contribution in [0.25, 0.3) is 5.69 Å². The molecule has 0 bridgehead atoms. The standard InChI is InChI=1S/C55H93FN8O12Si/c1-17-43-55(10,70)48(66)36(6)62(12)29-32(2)26-53(8,69)50(34(4)47(35(5)51(68)74-43)75-45-27-54(9,71-13)49(67)37(7)73-45)76-52-46(65)42(24-33(3)72-52)61(11)23-22-39-30-63(59-57-39)41(28-56)25-38-18-20-40(21-19-38)64-31-44(58-60-64)77(14,15)16/h18-21,30-37,41-43,45-50,52,65-67,69-70H,17,22-29H2,1-16H3/t32-,33-,34+,35-,36-,37+,41+,42+,43-,45+,46-,47+,48-,49+,50-,52+,53-,54-,55-/m1/s1. The summed E-state index contributed by atoms with van der Waals surface area (Å²) in [5.41, 5.74) is -2.11. The Hall–Kier alpha value is -3.36. The summed E-state index contributed by atoms with van der Waals surface area (Å²) in [6.45, 7) is 24.4. The Labute approximate surface area is 456 Å². The van der Waals surface area contributed by atoms with Crippen LogP contribution in [0.4, 0.5) is 4.39 Å². The number of aromatic nitrogens is 6. The minimum absolute atomic E-state index is 0.0880. The van der Waals surface area contributed by atoms with E-state index in [1.54, 1.807) is 64.0 Å². The Morgan fingerprint density at radius 3 is 2.22 bits per heavy atom. The van der Waals surface area contributed by atoms with Gasteiger partial charge >= 0.3 is 5.97 Å². The zero-order valence-corrected chi connectivity index (χ0v) is 49.6.